The number of carbonyl (C=O) groups excluding carboxylic acids is 2. The van der Waals surface area contributed by atoms with Gasteiger partial charge in [-0.15, -0.1) is 0 Å². The maximum Gasteiger partial charge on any atom is 0.254 e. The third-order valence-corrected chi connectivity index (χ3v) is 6.56. The molecule has 2 aromatic carbocycles. The average Bonchev–Trinajstić information content (AvgIpc) is 3.27. The number of carbonyl (C=O) groups is 2. The monoisotopic (exact) mass is 483 g/mol. The first-order valence-corrected chi connectivity index (χ1v) is 12.2. The molecule has 0 aliphatic heterocycles. The molecule has 0 spiro atoms. The maximum absolute atomic E-state index is 13.8. The van der Waals surface area contributed by atoms with Gasteiger partial charge in [-0.05, 0) is 61.6 Å². The highest BCUT2D eigenvalue weighted by Crippen LogP contribution is 2.32. The molecule has 0 saturated heterocycles. The molecule has 0 saturated carbocycles. The van der Waals surface area contributed by atoms with Crippen LogP contribution in [0.4, 0.5) is 5.69 Å². The highest BCUT2D eigenvalue weighted by Gasteiger charge is 2.25. The minimum absolute atomic E-state index is 0.0694. The fraction of sp³-hybridized carbons (Fsp3) is 0.286. The van der Waals surface area contributed by atoms with Gasteiger partial charge in [0, 0.05) is 37.3 Å². The van der Waals surface area contributed by atoms with E-state index >= 15 is 0 Å². The molecule has 2 amide bonds. The van der Waals surface area contributed by atoms with Gasteiger partial charge in [-0.2, -0.15) is 0 Å². The van der Waals surface area contributed by atoms with Crippen LogP contribution in [0.15, 0.2) is 60.9 Å². The van der Waals surface area contributed by atoms with Crippen LogP contribution in [0.5, 0.6) is 0 Å². The summed E-state index contributed by atoms with van der Waals surface area (Å²) >= 11 is 0. The zero-order valence-corrected chi connectivity index (χ0v) is 20.5. The van der Waals surface area contributed by atoms with Gasteiger partial charge in [-0.1, -0.05) is 24.3 Å². The molecular formula is C28H29N5O3. The molecule has 8 heteroatoms. The van der Waals surface area contributed by atoms with Gasteiger partial charge < -0.3 is 19.9 Å². The molecule has 0 unspecified atom stereocenters. The van der Waals surface area contributed by atoms with Gasteiger partial charge in [0.25, 0.3) is 5.91 Å². The third-order valence-electron chi connectivity index (χ3n) is 6.56. The molecule has 0 radical (unpaired) electrons. The van der Waals surface area contributed by atoms with Gasteiger partial charge in [0.15, 0.2) is 0 Å². The van der Waals surface area contributed by atoms with Crippen molar-refractivity contribution in [2.24, 2.45) is 0 Å². The lowest BCUT2D eigenvalue weighted by molar-refractivity contribution is -0.119. The molecule has 5 rings (SSSR count). The first-order valence-electron chi connectivity index (χ1n) is 12.2. The average molecular weight is 484 g/mol. The molecule has 8 nitrogen and oxygen atoms in total. The van der Waals surface area contributed by atoms with Crippen LogP contribution in [0.1, 0.15) is 47.3 Å². The summed E-state index contributed by atoms with van der Waals surface area (Å²) in [6.07, 6.45) is 6.39. The van der Waals surface area contributed by atoms with Crippen molar-refractivity contribution in [2.75, 3.05) is 19.0 Å². The van der Waals surface area contributed by atoms with E-state index in [0.717, 1.165) is 41.7 Å². The molecule has 2 N–H and O–H groups in total. The van der Waals surface area contributed by atoms with E-state index in [1.807, 2.05) is 35.8 Å². The number of benzene rings is 2. The zero-order chi connectivity index (χ0) is 25.1. The Balaban J connectivity index is 1.60. The highest BCUT2D eigenvalue weighted by atomic mass is 16.5. The Bertz CT molecular complexity index is 1410. The van der Waals surface area contributed by atoms with E-state index in [1.165, 1.54) is 12.7 Å². The first-order chi connectivity index (χ1) is 17.6. The molecule has 1 aliphatic rings. The topological polar surface area (TPSA) is 98.1 Å². The van der Waals surface area contributed by atoms with E-state index in [-0.39, 0.29) is 24.5 Å². The molecule has 4 aromatic rings. The Morgan fingerprint density at radius 2 is 2.03 bits per heavy atom. The van der Waals surface area contributed by atoms with Crippen LogP contribution in [0, 0.1) is 0 Å². The van der Waals surface area contributed by atoms with Crippen LogP contribution in [0.2, 0.25) is 0 Å². The van der Waals surface area contributed by atoms with Crippen molar-refractivity contribution in [3.05, 3.63) is 77.6 Å². The predicted molar refractivity (Wildman–Crippen MR) is 139 cm³/mol. The van der Waals surface area contributed by atoms with Crippen molar-refractivity contribution in [1.29, 1.82) is 0 Å². The lowest BCUT2D eigenvalue weighted by Crippen LogP contribution is -2.31. The van der Waals surface area contributed by atoms with Crippen molar-refractivity contribution in [3.63, 3.8) is 0 Å². The van der Waals surface area contributed by atoms with Gasteiger partial charge in [0.2, 0.25) is 5.91 Å². The second kappa shape index (κ2) is 10.3. The largest absolute Gasteiger partial charge is 0.375 e. The summed E-state index contributed by atoms with van der Waals surface area (Å²) in [4.78, 5) is 35.2. The lowest BCUT2D eigenvalue weighted by Gasteiger charge is -2.26. The normalized spacial score (nSPS) is 14.9. The second-order valence-corrected chi connectivity index (χ2v) is 8.91. The SMILES string of the molecule is CCn1c(-c2cccnc2)nc2cc(NC(=O)COC)cc(C(=O)N[C@H]3CCCc4ccccc43)c21. The van der Waals surface area contributed by atoms with E-state index < -0.39 is 0 Å². The third kappa shape index (κ3) is 4.59. The van der Waals surface area contributed by atoms with Gasteiger partial charge >= 0.3 is 0 Å². The Hall–Kier alpha value is -4.04. The molecule has 184 valence electrons. The standard InChI is InChI=1S/C28H29N5O3/c1-3-33-26-22(28(35)32-23-12-6-9-18-8-4-5-11-21(18)23)14-20(30-25(34)17-36-2)15-24(26)31-27(33)19-10-7-13-29-16-19/h4-5,7-8,10-11,13-16,23H,3,6,9,12,17H2,1-2H3,(H,30,34)(H,32,35)/t23-/m0/s1. The van der Waals surface area contributed by atoms with Crippen LogP contribution in [0.25, 0.3) is 22.4 Å². The number of methoxy groups -OCH3 is 1. The van der Waals surface area contributed by atoms with Gasteiger partial charge in [-0.3, -0.25) is 14.6 Å². The van der Waals surface area contributed by atoms with Crippen molar-refractivity contribution < 1.29 is 14.3 Å². The van der Waals surface area contributed by atoms with Crippen LogP contribution >= 0.6 is 0 Å². The fourth-order valence-electron chi connectivity index (χ4n) is 5.00. The molecule has 1 aliphatic carbocycles. The van der Waals surface area contributed by atoms with E-state index in [1.54, 1.807) is 24.5 Å². The van der Waals surface area contributed by atoms with Crippen LogP contribution in [0.3, 0.4) is 0 Å². The first kappa shape index (κ1) is 23.7. The number of aromatic nitrogens is 3. The summed E-state index contributed by atoms with van der Waals surface area (Å²) < 4.78 is 6.98. The molecule has 1 atom stereocenters. The molecule has 2 aromatic heterocycles. The summed E-state index contributed by atoms with van der Waals surface area (Å²) in [5.74, 6) is 0.224. The number of hydrogen-bond acceptors (Lipinski definition) is 5. The second-order valence-electron chi connectivity index (χ2n) is 8.91. The summed E-state index contributed by atoms with van der Waals surface area (Å²) in [5.41, 5.74) is 5.61. The van der Waals surface area contributed by atoms with Crippen LogP contribution in [-0.2, 0) is 22.5 Å². The maximum atomic E-state index is 13.8. The quantitative estimate of drug-likeness (QED) is 0.403. The Kier molecular flexibility index (Phi) is 6.77. The van der Waals surface area contributed by atoms with E-state index in [2.05, 4.69) is 27.8 Å². The number of anilines is 1. The van der Waals surface area contributed by atoms with E-state index in [0.29, 0.717) is 23.3 Å². The lowest BCUT2D eigenvalue weighted by atomic mass is 9.87. The molecule has 2 heterocycles. The fourth-order valence-corrected chi connectivity index (χ4v) is 5.00. The summed E-state index contributed by atoms with van der Waals surface area (Å²) in [6, 6.07) is 15.5. The van der Waals surface area contributed by atoms with Gasteiger partial charge in [-0.25, -0.2) is 4.98 Å². The molecule has 0 bridgehead atoms. The van der Waals surface area contributed by atoms with Crippen molar-refractivity contribution >= 4 is 28.5 Å². The minimum Gasteiger partial charge on any atom is -0.375 e. The number of pyridine rings is 1. The summed E-state index contributed by atoms with van der Waals surface area (Å²) in [5, 5.41) is 6.09. The Morgan fingerprint density at radius 1 is 1.17 bits per heavy atom. The van der Waals surface area contributed by atoms with Crippen molar-refractivity contribution in [3.8, 4) is 11.4 Å². The number of rotatable bonds is 7. The number of nitrogens with one attached hydrogen (secondary N) is 2. The Morgan fingerprint density at radius 3 is 2.81 bits per heavy atom. The minimum atomic E-state index is -0.299. The van der Waals surface area contributed by atoms with E-state index in [4.69, 9.17) is 9.72 Å². The number of nitrogens with zero attached hydrogens (tertiary/aromatic N) is 3. The molecule has 0 fully saturated rings. The number of amides is 2. The van der Waals surface area contributed by atoms with Crippen LogP contribution < -0.4 is 10.6 Å². The number of imidazole rings is 1. The molecular weight excluding hydrogens is 454 g/mol. The Labute approximate surface area is 209 Å². The smallest absolute Gasteiger partial charge is 0.254 e. The highest BCUT2D eigenvalue weighted by molar-refractivity contribution is 6.08. The van der Waals surface area contributed by atoms with Crippen LogP contribution in [-0.4, -0.2) is 40.1 Å². The van der Waals surface area contributed by atoms with Crippen molar-refractivity contribution in [2.45, 2.75) is 38.8 Å². The number of ether oxygens (including phenoxy) is 1. The number of aryl methyl sites for hydroxylation is 2. The zero-order valence-electron chi connectivity index (χ0n) is 20.5. The molecule has 36 heavy (non-hydrogen) atoms. The number of fused-ring (bicyclic) bond motifs is 2. The predicted octanol–water partition coefficient (Wildman–Crippen LogP) is 4.51. The van der Waals surface area contributed by atoms with Gasteiger partial charge in [0.1, 0.15) is 12.4 Å². The number of hydrogen-bond donors (Lipinski definition) is 2. The summed E-state index contributed by atoms with van der Waals surface area (Å²) in [7, 11) is 1.47. The summed E-state index contributed by atoms with van der Waals surface area (Å²) in [6.45, 7) is 2.56. The van der Waals surface area contributed by atoms with Crippen molar-refractivity contribution in [1.82, 2.24) is 19.9 Å². The van der Waals surface area contributed by atoms with Gasteiger partial charge in [0.05, 0.1) is 22.6 Å². The van der Waals surface area contributed by atoms with E-state index in [9.17, 15) is 9.59 Å².